The Morgan fingerprint density at radius 2 is 1.39 bits per heavy atom. The second kappa shape index (κ2) is 6.47. The smallest absolute Gasteiger partial charge is 0.363 e. The maximum absolute atomic E-state index is 13.6. The fraction of sp³-hybridized carbons (Fsp3) is 0.909. The zero-order valence-electron chi connectivity index (χ0n) is 11.3. The molecule has 0 aromatic rings. The summed E-state index contributed by atoms with van der Waals surface area (Å²) < 4.78 is 116. The van der Waals surface area contributed by atoms with Crippen LogP contribution in [0.15, 0.2) is 0 Å². The molecule has 0 unspecified atom stereocenters. The van der Waals surface area contributed by atoms with Crippen molar-refractivity contribution in [1.82, 2.24) is 4.90 Å². The predicted octanol–water partition coefficient (Wildman–Crippen LogP) is 4.43. The first-order valence-corrected chi connectivity index (χ1v) is 7.74. The summed E-state index contributed by atoms with van der Waals surface area (Å²) in [7, 11) is 0. The van der Waals surface area contributed by atoms with Crippen molar-refractivity contribution < 1.29 is 39.5 Å². The van der Waals surface area contributed by atoms with Gasteiger partial charge in [0, 0.05) is 23.9 Å². The lowest BCUT2D eigenvalue weighted by Crippen LogP contribution is -2.61. The second-order valence-electron chi connectivity index (χ2n) is 5.31. The van der Waals surface area contributed by atoms with Crippen molar-refractivity contribution in [3.63, 3.8) is 0 Å². The summed E-state index contributed by atoms with van der Waals surface area (Å²) >= 11 is 1.77. The van der Waals surface area contributed by atoms with Gasteiger partial charge in [-0.25, -0.2) is 0 Å². The standard InChI is InChI=1S/C11H12F9IN2/c12-8(13,9(14,15)10(16,17)11(18,19)20)1-6-3-23(5-22)4-7(6)2-21/h5-7,22H,1-4H2/t6-,7-/m1/s1. The number of nitrogens with zero attached hydrogens (tertiary/aromatic N) is 1. The molecule has 1 saturated heterocycles. The SMILES string of the molecule is N=CN1C[C@@H](CI)[C@H](CC(F)(F)C(F)(F)C(F)(F)C(F)(F)F)C1. The summed E-state index contributed by atoms with van der Waals surface area (Å²) in [5, 5.41) is 6.98. The molecule has 1 heterocycles. The van der Waals surface area contributed by atoms with Crippen molar-refractivity contribution in [1.29, 1.82) is 5.41 Å². The highest BCUT2D eigenvalue weighted by atomic mass is 127. The monoisotopic (exact) mass is 470 g/mol. The number of alkyl halides is 10. The lowest BCUT2D eigenvalue weighted by atomic mass is 9.88. The molecule has 0 radical (unpaired) electrons. The maximum Gasteiger partial charge on any atom is 0.460 e. The minimum atomic E-state index is -6.84. The largest absolute Gasteiger partial charge is 0.460 e. The van der Waals surface area contributed by atoms with Gasteiger partial charge in [-0.2, -0.15) is 39.5 Å². The van der Waals surface area contributed by atoms with E-state index in [4.69, 9.17) is 5.41 Å². The Labute approximate surface area is 139 Å². The Morgan fingerprint density at radius 3 is 1.78 bits per heavy atom. The molecule has 0 saturated carbocycles. The molecule has 0 spiro atoms. The third-order valence-corrected chi connectivity index (χ3v) is 4.85. The molecule has 23 heavy (non-hydrogen) atoms. The van der Waals surface area contributed by atoms with E-state index in [9.17, 15) is 39.5 Å². The van der Waals surface area contributed by atoms with E-state index in [1.807, 2.05) is 0 Å². The Bertz CT molecular complexity index is 438. The summed E-state index contributed by atoms with van der Waals surface area (Å²) in [4.78, 5) is 1.21. The number of likely N-dealkylation sites (tertiary alicyclic amines) is 1. The van der Waals surface area contributed by atoms with Crippen LogP contribution in [0.2, 0.25) is 0 Å². The van der Waals surface area contributed by atoms with E-state index >= 15 is 0 Å². The highest BCUT2D eigenvalue weighted by Crippen LogP contribution is 2.55. The van der Waals surface area contributed by atoms with Gasteiger partial charge in [0.25, 0.3) is 0 Å². The molecular formula is C11H12F9IN2. The molecule has 1 N–H and O–H groups in total. The fourth-order valence-electron chi connectivity index (χ4n) is 2.35. The van der Waals surface area contributed by atoms with Crippen LogP contribution in [-0.2, 0) is 0 Å². The van der Waals surface area contributed by atoms with Crippen molar-refractivity contribution in [2.45, 2.75) is 30.4 Å². The second-order valence-corrected chi connectivity index (χ2v) is 6.19. The van der Waals surface area contributed by atoms with Gasteiger partial charge in [-0.1, -0.05) is 22.6 Å². The van der Waals surface area contributed by atoms with E-state index in [1.165, 1.54) is 4.90 Å². The van der Waals surface area contributed by atoms with Crippen molar-refractivity contribution in [2.75, 3.05) is 17.5 Å². The van der Waals surface area contributed by atoms with E-state index in [0.717, 1.165) is 6.34 Å². The number of hydrogen-bond acceptors (Lipinski definition) is 1. The molecule has 0 amide bonds. The average molecular weight is 470 g/mol. The molecule has 1 rings (SSSR count). The van der Waals surface area contributed by atoms with Crippen LogP contribution in [0.5, 0.6) is 0 Å². The zero-order valence-corrected chi connectivity index (χ0v) is 13.4. The van der Waals surface area contributed by atoms with Crippen LogP contribution >= 0.6 is 22.6 Å². The van der Waals surface area contributed by atoms with Gasteiger partial charge in [0.1, 0.15) is 0 Å². The van der Waals surface area contributed by atoms with Gasteiger partial charge in [-0.3, -0.25) is 5.41 Å². The molecule has 1 aliphatic rings. The van der Waals surface area contributed by atoms with Crippen LogP contribution in [0.3, 0.4) is 0 Å². The van der Waals surface area contributed by atoms with Crippen molar-refractivity contribution in [3.8, 4) is 0 Å². The topological polar surface area (TPSA) is 27.1 Å². The van der Waals surface area contributed by atoms with Crippen molar-refractivity contribution in [2.24, 2.45) is 11.8 Å². The van der Waals surface area contributed by atoms with Crippen molar-refractivity contribution in [3.05, 3.63) is 0 Å². The molecule has 136 valence electrons. The summed E-state index contributed by atoms with van der Waals surface area (Å²) in [6.07, 6.45) is -7.83. The molecule has 0 aliphatic carbocycles. The Kier molecular flexibility index (Phi) is 5.80. The summed E-state index contributed by atoms with van der Waals surface area (Å²) in [5.74, 6) is -20.8. The van der Waals surface area contributed by atoms with E-state index in [0.29, 0.717) is 0 Å². The van der Waals surface area contributed by atoms with Crippen molar-refractivity contribution >= 4 is 28.9 Å². The lowest BCUT2D eigenvalue weighted by molar-refractivity contribution is -0.397. The lowest BCUT2D eigenvalue weighted by Gasteiger charge is -2.35. The molecule has 0 bridgehead atoms. The third kappa shape index (κ3) is 3.65. The summed E-state index contributed by atoms with van der Waals surface area (Å²) in [5.41, 5.74) is 0. The van der Waals surface area contributed by atoms with E-state index in [1.54, 1.807) is 22.6 Å². The fourth-order valence-corrected chi connectivity index (χ4v) is 3.35. The van der Waals surface area contributed by atoms with Gasteiger partial charge < -0.3 is 4.90 Å². The molecule has 0 aromatic carbocycles. The number of rotatable bonds is 6. The summed E-state index contributed by atoms with van der Waals surface area (Å²) in [6, 6.07) is 0. The highest BCUT2D eigenvalue weighted by Gasteiger charge is 2.81. The van der Waals surface area contributed by atoms with Crippen LogP contribution in [0, 0.1) is 17.2 Å². The molecular weight excluding hydrogens is 458 g/mol. The molecule has 0 aromatic heterocycles. The molecule has 2 atom stereocenters. The van der Waals surface area contributed by atoms with Crippen LogP contribution in [0.4, 0.5) is 39.5 Å². The maximum atomic E-state index is 13.6. The van der Waals surface area contributed by atoms with Gasteiger partial charge in [-0.15, -0.1) is 0 Å². The Morgan fingerprint density at radius 1 is 0.913 bits per heavy atom. The minimum absolute atomic E-state index is 0.0778. The highest BCUT2D eigenvalue weighted by molar-refractivity contribution is 14.1. The Balaban J connectivity index is 3.03. The van der Waals surface area contributed by atoms with E-state index in [2.05, 4.69) is 0 Å². The molecule has 2 nitrogen and oxygen atoms in total. The number of halogens is 10. The van der Waals surface area contributed by atoms with E-state index in [-0.39, 0.29) is 17.5 Å². The first kappa shape index (κ1) is 20.6. The zero-order chi connectivity index (χ0) is 18.3. The quantitative estimate of drug-likeness (QED) is 0.201. The number of hydrogen-bond donors (Lipinski definition) is 1. The van der Waals surface area contributed by atoms with Crippen LogP contribution in [0.25, 0.3) is 0 Å². The first-order chi connectivity index (χ1) is 10.2. The normalized spacial score (nSPS) is 24.2. The van der Waals surface area contributed by atoms with Gasteiger partial charge in [0.2, 0.25) is 0 Å². The first-order valence-electron chi connectivity index (χ1n) is 6.22. The average Bonchev–Trinajstić information content (AvgIpc) is 2.78. The predicted molar refractivity (Wildman–Crippen MR) is 71.7 cm³/mol. The van der Waals surface area contributed by atoms with Gasteiger partial charge in [-0.05, 0) is 11.8 Å². The molecule has 1 aliphatic heterocycles. The summed E-state index contributed by atoms with van der Waals surface area (Å²) in [6.45, 7) is -0.200. The molecule has 1 fully saturated rings. The third-order valence-electron chi connectivity index (χ3n) is 3.71. The minimum Gasteiger partial charge on any atom is -0.363 e. The molecule has 12 heteroatoms. The van der Waals surface area contributed by atoms with Gasteiger partial charge in [0.15, 0.2) is 0 Å². The van der Waals surface area contributed by atoms with Gasteiger partial charge in [0.05, 0.1) is 6.34 Å². The van der Waals surface area contributed by atoms with Crippen LogP contribution in [-0.4, -0.2) is 52.7 Å². The van der Waals surface area contributed by atoms with Crippen LogP contribution < -0.4 is 0 Å². The van der Waals surface area contributed by atoms with E-state index < -0.39 is 42.2 Å². The number of nitrogens with one attached hydrogen (secondary N) is 1. The van der Waals surface area contributed by atoms with Gasteiger partial charge >= 0.3 is 23.9 Å². The Hall–Kier alpha value is -0.430. The van der Waals surface area contributed by atoms with Crippen LogP contribution in [0.1, 0.15) is 6.42 Å².